The van der Waals surface area contributed by atoms with Crippen molar-refractivity contribution in [3.63, 3.8) is 0 Å². The number of sulfone groups is 1. The Labute approximate surface area is 168 Å². The highest BCUT2D eigenvalue weighted by Gasteiger charge is 2.64. The van der Waals surface area contributed by atoms with Gasteiger partial charge in [0.1, 0.15) is 4.75 Å². The van der Waals surface area contributed by atoms with Crippen LogP contribution in [0.25, 0.3) is 0 Å². The zero-order valence-electron chi connectivity index (χ0n) is 15.5. The van der Waals surface area contributed by atoms with E-state index in [2.05, 4.69) is 10.1 Å². The highest BCUT2D eigenvalue weighted by Crippen LogP contribution is 2.50. The highest BCUT2D eigenvalue weighted by molar-refractivity contribution is 7.93. The normalized spacial score (nSPS) is 26.0. The molecule has 0 bridgehead atoms. The van der Waals surface area contributed by atoms with E-state index in [0.29, 0.717) is 24.7 Å². The molecular formula is C19H23N3O4S2. The van der Waals surface area contributed by atoms with Gasteiger partial charge in [0.15, 0.2) is 15.7 Å². The van der Waals surface area contributed by atoms with Crippen LogP contribution in [0.5, 0.6) is 0 Å². The van der Waals surface area contributed by atoms with Crippen molar-refractivity contribution < 1.29 is 17.7 Å². The third-order valence-corrected chi connectivity index (χ3v) is 10.0. The van der Waals surface area contributed by atoms with Crippen molar-refractivity contribution in [3.05, 3.63) is 34.1 Å². The SMILES string of the molecule is O=C(Cc1cccs1)N1CC2(C1)C(c1nc(C3CCCC3)no1)CCS2(=O)=O. The van der Waals surface area contributed by atoms with Gasteiger partial charge in [-0.15, -0.1) is 11.3 Å². The van der Waals surface area contributed by atoms with Crippen LogP contribution in [-0.4, -0.2) is 53.0 Å². The third kappa shape index (κ3) is 2.82. The molecule has 28 heavy (non-hydrogen) atoms. The monoisotopic (exact) mass is 421 g/mol. The van der Waals surface area contributed by atoms with E-state index in [-0.39, 0.29) is 30.7 Å². The molecule has 0 radical (unpaired) electrons. The molecule has 1 aliphatic carbocycles. The van der Waals surface area contributed by atoms with Gasteiger partial charge in [0.05, 0.1) is 18.1 Å². The van der Waals surface area contributed by atoms with Gasteiger partial charge in [-0.05, 0) is 30.7 Å². The number of carbonyl (C=O) groups is 1. The first-order valence-corrected chi connectivity index (χ1v) is 12.4. The molecule has 1 amide bonds. The van der Waals surface area contributed by atoms with Crippen molar-refractivity contribution in [2.75, 3.05) is 18.8 Å². The van der Waals surface area contributed by atoms with Gasteiger partial charge in [0.25, 0.3) is 0 Å². The van der Waals surface area contributed by atoms with Gasteiger partial charge in [-0.25, -0.2) is 8.42 Å². The van der Waals surface area contributed by atoms with Gasteiger partial charge in [0.2, 0.25) is 11.8 Å². The fraction of sp³-hybridized carbons (Fsp3) is 0.632. The third-order valence-electron chi connectivity index (χ3n) is 6.58. The van der Waals surface area contributed by atoms with Crippen LogP contribution in [0, 0.1) is 0 Å². The zero-order valence-corrected chi connectivity index (χ0v) is 17.2. The molecule has 1 atom stereocenters. The Morgan fingerprint density at radius 1 is 1.29 bits per heavy atom. The van der Waals surface area contributed by atoms with Crippen LogP contribution in [-0.2, 0) is 21.1 Å². The molecule has 2 aromatic rings. The lowest BCUT2D eigenvalue weighted by molar-refractivity contribution is -0.136. The number of aromatic nitrogens is 2. The fourth-order valence-corrected chi connectivity index (χ4v) is 7.92. The van der Waals surface area contributed by atoms with Crippen LogP contribution in [0.3, 0.4) is 0 Å². The number of amides is 1. The maximum absolute atomic E-state index is 12.9. The maximum atomic E-state index is 12.9. The molecule has 7 nitrogen and oxygen atoms in total. The summed E-state index contributed by atoms with van der Waals surface area (Å²) in [5.74, 6) is 1.27. The Kier molecular flexibility index (Phi) is 4.35. The van der Waals surface area contributed by atoms with Crippen molar-refractivity contribution >= 4 is 27.1 Å². The minimum absolute atomic E-state index is 0.0221. The molecule has 9 heteroatoms. The van der Waals surface area contributed by atoms with E-state index in [4.69, 9.17) is 4.52 Å². The number of carbonyl (C=O) groups excluding carboxylic acids is 1. The number of hydrogen-bond acceptors (Lipinski definition) is 7. The fourth-order valence-electron chi connectivity index (χ4n) is 4.91. The Morgan fingerprint density at radius 2 is 2.07 bits per heavy atom. The molecule has 150 valence electrons. The molecule has 2 aromatic heterocycles. The molecule has 3 fully saturated rings. The number of hydrogen-bond donors (Lipinski definition) is 0. The smallest absolute Gasteiger partial charge is 0.231 e. The summed E-state index contributed by atoms with van der Waals surface area (Å²) in [4.78, 5) is 19.8. The van der Waals surface area contributed by atoms with Crippen LogP contribution >= 0.6 is 11.3 Å². The van der Waals surface area contributed by atoms with E-state index in [0.717, 1.165) is 23.5 Å². The summed E-state index contributed by atoms with van der Waals surface area (Å²) in [6.45, 7) is 0.455. The van der Waals surface area contributed by atoms with Gasteiger partial charge in [-0.3, -0.25) is 4.79 Å². The second kappa shape index (κ2) is 6.66. The maximum Gasteiger partial charge on any atom is 0.231 e. The van der Waals surface area contributed by atoms with Gasteiger partial charge in [-0.2, -0.15) is 4.98 Å². The topological polar surface area (TPSA) is 93.4 Å². The van der Waals surface area contributed by atoms with Crippen molar-refractivity contribution in [3.8, 4) is 0 Å². The Balaban J connectivity index is 1.34. The van der Waals surface area contributed by atoms with Crippen molar-refractivity contribution in [2.24, 2.45) is 0 Å². The molecule has 5 rings (SSSR count). The van der Waals surface area contributed by atoms with Crippen LogP contribution in [0.2, 0.25) is 0 Å². The zero-order chi connectivity index (χ0) is 19.4. The summed E-state index contributed by atoms with van der Waals surface area (Å²) in [6, 6.07) is 3.84. The summed E-state index contributed by atoms with van der Waals surface area (Å²) in [7, 11) is -3.30. The van der Waals surface area contributed by atoms with Crippen LogP contribution in [0.1, 0.15) is 60.5 Å². The standard InChI is InChI=1S/C19H23N3O4S2/c23-16(10-14-6-3-8-27-14)22-11-19(12-22)15(7-9-28(19,24)25)18-20-17(21-26-18)13-4-1-2-5-13/h3,6,8,13,15H,1-2,4-5,7,9-12H2. The lowest BCUT2D eigenvalue weighted by Gasteiger charge is -2.49. The van der Waals surface area contributed by atoms with Crippen molar-refractivity contribution in [1.82, 2.24) is 15.0 Å². The Morgan fingerprint density at radius 3 is 2.79 bits per heavy atom. The number of nitrogens with zero attached hydrogens (tertiary/aromatic N) is 3. The molecule has 3 aliphatic rings. The van der Waals surface area contributed by atoms with Gasteiger partial charge >= 0.3 is 0 Å². The summed E-state index contributed by atoms with van der Waals surface area (Å²) in [5, 5.41) is 6.10. The Hall–Kier alpha value is -1.74. The van der Waals surface area contributed by atoms with E-state index < -0.39 is 14.6 Å². The lowest BCUT2D eigenvalue weighted by atomic mass is 9.83. The second-order valence-electron chi connectivity index (χ2n) is 8.20. The first kappa shape index (κ1) is 18.3. The molecule has 1 saturated carbocycles. The minimum Gasteiger partial charge on any atom is -0.339 e. The van der Waals surface area contributed by atoms with Crippen molar-refractivity contribution in [1.29, 1.82) is 0 Å². The molecule has 1 unspecified atom stereocenters. The minimum atomic E-state index is -3.30. The van der Waals surface area contributed by atoms with Gasteiger partial charge in [-0.1, -0.05) is 24.1 Å². The predicted octanol–water partition coefficient (Wildman–Crippen LogP) is 2.51. The first-order valence-electron chi connectivity index (χ1n) is 9.84. The number of rotatable bonds is 4. The van der Waals surface area contributed by atoms with Gasteiger partial charge < -0.3 is 9.42 Å². The van der Waals surface area contributed by atoms with Gasteiger partial charge in [0, 0.05) is 23.9 Å². The summed E-state index contributed by atoms with van der Waals surface area (Å²) < 4.78 is 30.3. The average Bonchev–Trinajstić information content (AvgIpc) is 3.39. The number of likely N-dealkylation sites (tertiary alicyclic amines) is 1. The van der Waals surface area contributed by atoms with Crippen LogP contribution < -0.4 is 0 Å². The predicted molar refractivity (Wildman–Crippen MR) is 104 cm³/mol. The lowest BCUT2D eigenvalue weighted by Crippen LogP contribution is -2.67. The van der Waals surface area contributed by atoms with E-state index in [9.17, 15) is 13.2 Å². The first-order chi connectivity index (χ1) is 13.5. The summed E-state index contributed by atoms with van der Waals surface area (Å²) >= 11 is 1.54. The van der Waals surface area contributed by atoms with Crippen LogP contribution in [0.4, 0.5) is 0 Å². The quantitative estimate of drug-likeness (QED) is 0.753. The van der Waals surface area contributed by atoms with E-state index in [1.54, 1.807) is 4.90 Å². The van der Waals surface area contributed by atoms with Crippen LogP contribution in [0.15, 0.2) is 22.0 Å². The molecule has 2 saturated heterocycles. The van der Waals surface area contributed by atoms with E-state index in [1.165, 1.54) is 24.2 Å². The largest absolute Gasteiger partial charge is 0.339 e. The summed E-state index contributed by atoms with van der Waals surface area (Å²) in [5.41, 5.74) is 0. The molecule has 4 heterocycles. The number of thiophene rings is 1. The van der Waals surface area contributed by atoms with E-state index in [1.807, 2.05) is 17.5 Å². The van der Waals surface area contributed by atoms with Crippen molar-refractivity contribution in [2.45, 2.75) is 55.1 Å². The molecule has 1 spiro atoms. The summed E-state index contributed by atoms with van der Waals surface area (Å²) in [6.07, 6.45) is 5.30. The van der Waals surface area contributed by atoms with E-state index >= 15 is 0 Å². The molecular weight excluding hydrogens is 398 g/mol. The highest BCUT2D eigenvalue weighted by atomic mass is 32.2. The molecule has 0 aromatic carbocycles. The molecule has 0 N–H and O–H groups in total. The second-order valence-corrected chi connectivity index (χ2v) is 11.7. The average molecular weight is 422 g/mol. The molecule has 2 aliphatic heterocycles. The Bertz CT molecular complexity index is 971.